The monoisotopic (exact) mass is 2000 g/mol. The van der Waals surface area contributed by atoms with Crippen LogP contribution < -0.4 is 52.2 Å². The first kappa shape index (κ1) is 116. The predicted octanol–water partition coefficient (Wildman–Crippen LogP) is 22.1. The second-order valence-corrected chi connectivity index (χ2v) is 42.6. The van der Waals surface area contributed by atoms with E-state index in [1.165, 1.54) is 63.6 Å². The standard InChI is InChI=1S/C37H50N4O3.C32H46N4O2.C28H41ClN4O2.C24H33NO3/c1-5-10-30-21-26(3)39-37(43)34(30)24-38-36(42)33-22-31(23-35(27(33)4)41(6-2)32-15-19-44-20-16-32)29-13-11-28(12-14-29)25-40-17-8-7-9-18-40;1-10-36(26-13-11-25(12-14-26)35(8)9)29-19-24(15-16-32(5,6)7)18-27(23(29)4)30(37)33-20-28-21(2)17-22(3)34-31(28)38;1-7-9-20-14-18(3)31-28(35)25(20)17-30-27(34)24-15-21(29)16-26(19(24)4)33(8-2)23-12-10-22(11-13-23)32(5)6;1-6-25(13-8-14-28-5)22-10-7-9-21(19(22)4)23(26)12-11-20-18(3)15-17(2)16-24(20)27/h11-14,21-23,32H,5-10,15-20,24-25H2,1-4H3,(H,38,42)(H,39,43);17-19,25-26H,10-14,20H2,1-9H3,(H,33,37)(H,34,38);14-16,22-23H,7-13,17H2,1-6H3,(H,30,34)(H,31,35);7,9-10,15H,6,8,11-14,16H2,1-5H3. The number of aromatic nitrogens is 3. The Bertz CT molecular complexity index is 6050. The van der Waals surface area contributed by atoms with Crippen LogP contribution in [-0.2, 0) is 53.3 Å². The summed E-state index contributed by atoms with van der Waals surface area (Å²) in [5.74, 6) is 6.38. The molecule has 0 radical (unpaired) electrons. The number of rotatable bonds is 37. The molecule has 786 valence electrons. The molecule has 6 N–H and O–H groups in total. The van der Waals surface area contributed by atoms with Crippen LogP contribution in [0.3, 0.4) is 0 Å². The van der Waals surface area contributed by atoms with E-state index in [9.17, 15) is 38.4 Å². The van der Waals surface area contributed by atoms with Crippen LogP contribution in [0.4, 0.5) is 22.7 Å². The zero-order valence-corrected chi connectivity index (χ0v) is 92.8. The summed E-state index contributed by atoms with van der Waals surface area (Å²) in [5, 5.41) is 9.65. The highest BCUT2D eigenvalue weighted by atomic mass is 35.5. The highest BCUT2D eigenvalue weighted by Crippen LogP contribution is 2.40. The first-order chi connectivity index (χ1) is 69.2. The summed E-state index contributed by atoms with van der Waals surface area (Å²) in [6.45, 7) is 49.2. The minimum absolute atomic E-state index is 0.103. The van der Waals surface area contributed by atoms with E-state index in [0.29, 0.717) is 87.9 Å². The van der Waals surface area contributed by atoms with Crippen LogP contribution in [0.25, 0.3) is 11.1 Å². The minimum Gasteiger partial charge on any atom is -0.385 e. The number of pyridine rings is 3. The zero-order valence-electron chi connectivity index (χ0n) is 92.0. The predicted molar refractivity (Wildman–Crippen MR) is 599 cm³/mol. The molecular formula is C121H170ClN13O10. The molecule has 2 saturated carbocycles. The third kappa shape index (κ3) is 32.3. The number of ketones is 2. The number of hydrogen-bond acceptors (Lipinski definition) is 17. The van der Waals surface area contributed by atoms with Gasteiger partial charge in [0.25, 0.3) is 34.4 Å². The van der Waals surface area contributed by atoms with Gasteiger partial charge >= 0.3 is 0 Å². The molecule has 3 amide bonds. The second kappa shape index (κ2) is 55.7. The Morgan fingerprint density at radius 2 is 0.966 bits per heavy atom. The maximum absolute atomic E-state index is 13.9. The maximum Gasteiger partial charge on any atom is 0.253 e. The van der Waals surface area contributed by atoms with Crippen molar-refractivity contribution < 1.29 is 33.4 Å². The summed E-state index contributed by atoms with van der Waals surface area (Å²) < 4.78 is 10.8. The molecule has 0 bridgehead atoms. The molecule has 8 aromatic rings. The van der Waals surface area contributed by atoms with Crippen molar-refractivity contribution in [3.8, 4) is 23.0 Å². The Kier molecular flexibility index (Phi) is 44.5. The fraction of sp³-hybridized carbons (Fsp3) is 0.537. The van der Waals surface area contributed by atoms with E-state index in [0.717, 1.165) is 247 Å². The van der Waals surface area contributed by atoms with Crippen LogP contribution in [0.2, 0.25) is 5.02 Å². The molecule has 23 nitrogen and oxygen atoms in total. The number of H-pyrrole nitrogens is 3. The average molecular weight is 2000 g/mol. The molecule has 0 atom stereocenters. The molecule has 5 aliphatic rings. The normalized spacial score (nSPS) is 16.7. The summed E-state index contributed by atoms with van der Waals surface area (Å²) in [6, 6.07) is 35.3. The zero-order chi connectivity index (χ0) is 106. The number of Topliss-reactive ketones (excluding diaryl/α,β-unsaturated/α-hetero) is 2. The van der Waals surface area contributed by atoms with Crippen LogP contribution in [0, 0.1) is 72.6 Å². The molecule has 145 heavy (non-hydrogen) atoms. The Labute approximate surface area is 871 Å². The lowest BCUT2D eigenvalue weighted by atomic mass is 9.88. The van der Waals surface area contributed by atoms with Gasteiger partial charge in [0.2, 0.25) is 0 Å². The Balaban J connectivity index is 0.000000201. The Morgan fingerprint density at radius 3 is 1.44 bits per heavy atom. The fourth-order valence-electron chi connectivity index (χ4n) is 21.7. The molecule has 3 aliphatic carbocycles. The number of carbonyl (C=O) groups excluding carboxylic acids is 5. The smallest absolute Gasteiger partial charge is 0.253 e. The maximum atomic E-state index is 13.9. The number of piperidine rings is 1. The lowest BCUT2D eigenvalue weighted by Gasteiger charge is -2.40. The van der Waals surface area contributed by atoms with Crippen molar-refractivity contribution in [3.63, 3.8) is 0 Å². The van der Waals surface area contributed by atoms with Gasteiger partial charge in [0.15, 0.2) is 11.6 Å². The van der Waals surface area contributed by atoms with Gasteiger partial charge in [0.1, 0.15) is 0 Å². The molecule has 4 fully saturated rings. The van der Waals surface area contributed by atoms with Gasteiger partial charge in [-0.2, -0.15) is 0 Å². The number of carbonyl (C=O) groups is 5. The number of likely N-dealkylation sites (tertiary alicyclic amines) is 1. The SMILES string of the molecule is CCCc1cc(C)[nH]c(=O)c1CNC(=O)c1cc(-c2ccc(CN3CCCCC3)cc2)cc(N(CC)C2CCOCC2)c1C.CCCc1cc(C)[nH]c(=O)c1CNC(=O)c1cc(Cl)cc(N(CC)C2CCC(N(C)C)CC2)c1C.CCN(CCCOC)c1cccc(C(=O)CCC2=C(C)C=C(C)CC2=O)c1C.CCN(c1cc(C#CC(C)(C)C)cc(C(=O)NCc2c(C)cc(C)[nH]c2=O)c1C)C1CCC(N(C)C)CC1. The lowest BCUT2D eigenvalue weighted by molar-refractivity contribution is -0.115. The van der Waals surface area contributed by atoms with E-state index >= 15 is 0 Å². The Morgan fingerprint density at radius 1 is 0.503 bits per heavy atom. The minimum atomic E-state index is -0.207. The van der Waals surface area contributed by atoms with Crippen molar-refractivity contribution in [3.05, 3.63) is 262 Å². The van der Waals surface area contributed by atoms with E-state index in [1.54, 1.807) is 13.2 Å². The first-order valence-corrected chi connectivity index (χ1v) is 54.0. The number of nitrogens with zero attached hydrogens (tertiary/aromatic N) is 7. The largest absolute Gasteiger partial charge is 0.385 e. The van der Waals surface area contributed by atoms with Crippen LogP contribution >= 0.6 is 11.6 Å². The van der Waals surface area contributed by atoms with Crippen molar-refractivity contribution in [1.82, 2.24) is 45.6 Å². The van der Waals surface area contributed by atoms with Gasteiger partial charge in [0.05, 0.1) is 0 Å². The highest BCUT2D eigenvalue weighted by Gasteiger charge is 2.34. The number of ether oxygens (including phenoxy) is 2. The summed E-state index contributed by atoms with van der Waals surface area (Å²) >= 11 is 6.53. The third-order valence-corrected chi connectivity index (χ3v) is 30.0. The quantitative estimate of drug-likeness (QED) is 0.0120. The molecule has 2 saturated heterocycles. The number of amides is 3. The van der Waals surface area contributed by atoms with Crippen molar-refractivity contribution in [2.75, 3.05) is 121 Å². The second-order valence-electron chi connectivity index (χ2n) is 42.1. The number of benzene rings is 5. The number of hydrogen-bond donors (Lipinski definition) is 6. The topological polar surface area (TPSA) is 261 Å². The number of allylic oxidation sites excluding steroid dienone is 4. The van der Waals surface area contributed by atoms with Gasteiger partial charge in [-0.05, 0) is 389 Å². The highest BCUT2D eigenvalue weighted by molar-refractivity contribution is 6.31. The van der Waals surface area contributed by atoms with E-state index in [4.69, 9.17) is 21.1 Å². The number of anilines is 4. The van der Waals surface area contributed by atoms with Crippen molar-refractivity contribution in [2.24, 2.45) is 5.41 Å². The molecular weight excluding hydrogens is 1830 g/mol. The van der Waals surface area contributed by atoms with Gasteiger partial charge in [0, 0.05) is 224 Å². The van der Waals surface area contributed by atoms with Crippen molar-refractivity contribution in [2.45, 2.75) is 323 Å². The number of nitrogens with one attached hydrogen (secondary N) is 6. The van der Waals surface area contributed by atoms with Gasteiger partial charge in [-0.1, -0.05) is 105 Å². The molecule has 3 aromatic heterocycles. The summed E-state index contributed by atoms with van der Waals surface area (Å²) in [4.78, 5) is 129. The molecule has 2 aliphatic heterocycles. The molecule has 13 rings (SSSR count). The number of methoxy groups -OCH3 is 1. The molecule has 0 unspecified atom stereocenters. The average Bonchev–Trinajstić information content (AvgIpc) is 0.774. The molecule has 24 heteroatoms. The number of aromatic amines is 3. The van der Waals surface area contributed by atoms with Gasteiger partial charge < -0.3 is 69.8 Å². The molecule has 0 spiro atoms. The summed E-state index contributed by atoms with van der Waals surface area (Å²) in [6.07, 6.45) is 22.9. The van der Waals surface area contributed by atoms with Crippen molar-refractivity contribution in [1.29, 1.82) is 0 Å². The van der Waals surface area contributed by atoms with E-state index in [1.807, 2.05) is 111 Å². The van der Waals surface area contributed by atoms with Gasteiger partial charge in [-0.15, -0.1) is 0 Å². The molecule has 5 aromatic carbocycles. The van der Waals surface area contributed by atoms with Crippen LogP contribution in [0.5, 0.6) is 0 Å². The molecule has 5 heterocycles. The van der Waals surface area contributed by atoms with E-state index < -0.39 is 0 Å². The number of aryl methyl sites for hydroxylation is 6. The van der Waals surface area contributed by atoms with Crippen LogP contribution in [0.1, 0.15) is 323 Å². The van der Waals surface area contributed by atoms with Crippen LogP contribution in [-0.4, -0.2) is 190 Å². The van der Waals surface area contributed by atoms with Gasteiger partial charge in [-0.25, -0.2) is 0 Å². The first-order valence-electron chi connectivity index (χ1n) is 53.6. The summed E-state index contributed by atoms with van der Waals surface area (Å²) in [7, 11) is 10.4. The van der Waals surface area contributed by atoms with Crippen LogP contribution in [0.15, 0.2) is 134 Å². The number of halogens is 1. The van der Waals surface area contributed by atoms with Crippen molar-refractivity contribution >= 4 is 63.6 Å². The fourth-order valence-corrected chi connectivity index (χ4v) is 21.9. The summed E-state index contributed by atoms with van der Waals surface area (Å²) in [5.41, 5.74) is 24.6. The van der Waals surface area contributed by atoms with E-state index in [2.05, 4.69) is 223 Å². The van der Waals surface area contributed by atoms with Gasteiger partial charge in [-0.3, -0.25) is 43.3 Å². The third-order valence-electron chi connectivity index (χ3n) is 29.8. The Hall–Kier alpha value is -11.0. The lowest BCUT2D eigenvalue weighted by Crippen LogP contribution is -2.42. The van der Waals surface area contributed by atoms with E-state index in [-0.39, 0.29) is 71.0 Å².